The summed E-state index contributed by atoms with van der Waals surface area (Å²) in [6, 6.07) is 4.80. The third-order valence-electron chi connectivity index (χ3n) is 3.40. The maximum absolute atomic E-state index is 12.3. The molecule has 1 saturated heterocycles. The third-order valence-corrected chi connectivity index (χ3v) is 4.28. The molecule has 0 N–H and O–H groups in total. The van der Waals surface area contributed by atoms with Crippen molar-refractivity contribution in [2.45, 2.75) is 19.9 Å². The molecule has 7 nitrogen and oxygen atoms in total. The molecular weight excluding hydrogens is 346 g/mol. The van der Waals surface area contributed by atoms with E-state index in [0.29, 0.717) is 22.0 Å². The summed E-state index contributed by atoms with van der Waals surface area (Å²) < 4.78 is 15.1. The summed E-state index contributed by atoms with van der Waals surface area (Å²) in [7, 11) is 2.74. The SMILES string of the molecule is COC(=O)COc1ccc(C=C2SC(=O)N(C(C)C)C2=O)cc1OC. The monoisotopic (exact) mass is 365 g/mol. The summed E-state index contributed by atoms with van der Waals surface area (Å²) in [5.41, 5.74) is 0.677. The number of methoxy groups -OCH3 is 2. The Kier molecular flexibility index (Phi) is 6.08. The Labute approximate surface area is 149 Å². The van der Waals surface area contributed by atoms with Gasteiger partial charge in [-0.3, -0.25) is 14.5 Å². The highest BCUT2D eigenvalue weighted by atomic mass is 32.2. The fourth-order valence-corrected chi connectivity index (χ4v) is 3.13. The van der Waals surface area contributed by atoms with E-state index in [0.717, 1.165) is 11.8 Å². The Morgan fingerprint density at radius 1 is 1.24 bits per heavy atom. The molecule has 0 unspecified atom stereocenters. The first-order valence-electron chi connectivity index (χ1n) is 7.52. The van der Waals surface area contributed by atoms with Crippen LogP contribution in [0.2, 0.25) is 0 Å². The molecule has 8 heteroatoms. The van der Waals surface area contributed by atoms with Crippen molar-refractivity contribution >= 4 is 35.0 Å². The molecular formula is C17H19NO6S. The zero-order valence-corrected chi connectivity index (χ0v) is 15.2. The van der Waals surface area contributed by atoms with Gasteiger partial charge >= 0.3 is 5.97 Å². The summed E-state index contributed by atoms with van der Waals surface area (Å²) >= 11 is 0.905. The Morgan fingerprint density at radius 2 is 1.96 bits per heavy atom. The van der Waals surface area contributed by atoms with Gasteiger partial charge in [0.2, 0.25) is 0 Å². The Balaban J connectivity index is 2.22. The smallest absolute Gasteiger partial charge is 0.343 e. The van der Waals surface area contributed by atoms with Crippen LogP contribution >= 0.6 is 11.8 Å². The van der Waals surface area contributed by atoms with Crippen molar-refractivity contribution in [1.82, 2.24) is 4.90 Å². The number of amides is 2. The molecule has 134 valence electrons. The van der Waals surface area contributed by atoms with Crippen LogP contribution in [0.15, 0.2) is 23.1 Å². The standard InChI is InChI=1S/C17H19NO6S/c1-10(2)18-16(20)14(25-17(18)21)8-11-5-6-12(13(7-11)22-3)24-9-15(19)23-4/h5-8,10H,9H2,1-4H3. The largest absolute Gasteiger partial charge is 0.493 e. The van der Waals surface area contributed by atoms with Gasteiger partial charge in [0.15, 0.2) is 18.1 Å². The van der Waals surface area contributed by atoms with Crippen molar-refractivity contribution in [3.05, 3.63) is 28.7 Å². The highest BCUT2D eigenvalue weighted by Gasteiger charge is 2.36. The van der Waals surface area contributed by atoms with Gasteiger partial charge in [-0.15, -0.1) is 0 Å². The second-order valence-corrected chi connectivity index (χ2v) is 6.41. The Bertz CT molecular complexity index is 728. The van der Waals surface area contributed by atoms with Crippen molar-refractivity contribution in [2.75, 3.05) is 20.8 Å². The topological polar surface area (TPSA) is 82.1 Å². The molecule has 1 fully saturated rings. The lowest BCUT2D eigenvalue weighted by atomic mass is 10.2. The number of esters is 1. The molecule has 2 rings (SSSR count). The van der Waals surface area contributed by atoms with E-state index in [4.69, 9.17) is 9.47 Å². The summed E-state index contributed by atoms with van der Waals surface area (Å²) in [5.74, 6) is -0.0375. The van der Waals surface area contributed by atoms with E-state index in [-0.39, 0.29) is 23.8 Å². The van der Waals surface area contributed by atoms with Crippen molar-refractivity contribution in [3.63, 3.8) is 0 Å². The Hall–Kier alpha value is -2.48. The van der Waals surface area contributed by atoms with E-state index in [2.05, 4.69) is 4.74 Å². The minimum Gasteiger partial charge on any atom is -0.493 e. The summed E-state index contributed by atoms with van der Waals surface area (Å²) in [5, 5.41) is -0.281. The number of nitrogens with zero attached hydrogens (tertiary/aromatic N) is 1. The normalized spacial score (nSPS) is 15.9. The van der Waals surface area contributed by atoms with E-state index >= 15 is 0 Å². The molecule has 0 atom stereocenters. The van der Waals surface area contributed by atoms with Crippen molar-refractivity contribution in [2.24, 2.45) is 0 Å². The average Bonchev–Trinajstić information content (AvgIpc) is 2.86. The minimum atomic E-state index is -0.506. The first-order valence-corrected chi connectivity index (χ1v) is 8.33. The van der Waals surface area contributed by atoms with Gasteiger partial charge in [-0.2, -0.15) is 0 Å². The van der Waals surface area contributed by atoms with Crippen LogP contribution in [0, 0.1) is 0 Å². The number of imide groups is 1. The number of thioether (sulfide) groups is 1. The van der Waals surface area contributed by atoms with Gasteiger partial charge in [-0.25, -0.2) is 4.79 Å². The van der Waals surface area contributed by atoms with E-state index in [9.17, 15) is 14.4 Å². The van der Waals surface area contributed by atoms with Crippen molar-refractivity contribution < 1.29 is 28.6 Å². The van der Waals surface area contributed by atoms with E-state index in [1.54, 1.807) is 38.1 Å². The van der Waals surface area contributed by atoms with Crippen LogP contribution in [0.4, 0.5) is 4.79 Å². The molecule has 0 saturated carbocycles. The number of hydrogen-bond acceptors (Lipinski definition) is 7. The molecule has 1 aliphatic heterocycles. The van der Waals surface area contributed by atoms with Gasteiger partial charge in [-0.1, -0.05) is 6.07 Å². The second-order valence-electron chi connectivity index (χ2n) is 5.42. The molecule has 0 aliphatic carbocycles. The zero-order valence-electron chi connectivity index (χ0n) is 14.4. The molecule has 1 aromatic rings. The van der Waals surface area contributed by atoms with Crippen molar-refractivity contribution in [1.29, 1.82) is 0 Å². The predicted octanol–water partition coefficient (Wildman–Crippen LogP) is 2.69. The number of benzene rings is 1. The van der Waals surface area contributed by atoms with E-state index in [1.807, 2.05) is 0 Å². The molecule has 25 heavy (non-hydrogen) atoms. The fourth-order valence-electron chi connectivity index (χ4n) is 2.17. The lowest BCUT2D eigenvalue weighted by Crippen LogP contribution is -2.34. The first kappa shape index (κ1) is 18.9. The second kappa shape index (κ2) is 8.06. The quantitative estimate of drug-likeness (QED) is 0.566. The van der Waals surface area contributed by atoms with Crippen LogP contribution in [-0.4, -0.2) is 48.9 Å². The Morgan fingerprint density at radius 3 is 2.52 bits per heavy atom. The van der Waals surface area contributed by atoms with Gasteiger partial charge in [0.1, 0.15) is 0 Å². The van der Waals surface area contributed by atoms with Crippen molar-refractivity contribution in [3.8, 4) is 11.5 Å². The molecule has 0 aromatic heterocycles. The van der Waals surface area contributed by atoms with Crippen LogP contribution in [0.25, 0.3) is 6.08 Å². The van der Waals surface area contributed by atoms with E-state index in [1.165, 1.54) is 19.1 Å². The third kappa shape index (κ3) is 4.33. The molecule has 1 aliphatic rings. The molecule has 0 radical (unpaired) electrons. The summed E-state index contributed by atoms with van der Waals surface area (Å²) in [6.07, 6.45) is 1.62. The minimum absolute atomic E-state index is 0.193. The lowest BCUT2D eigenvalue weighted by molar-refractivity contribution is -0.143. The van der Waals surface area contributed by atoms with Crippen LogP contribution < -0.4 is 9.47 Å². The number of carbonyl (C=O) groups is 3. The van der Waals surface area contributed by atoms with Gasteiger partial charge < -0.3 is 14.2 Å². The van der Waals surface area contributed by atoms with Crippen LogP contribution in [0.3, 0.4) is 0 Å². The molecule has 1 aromatic carbocycles. The summed E-state index contributed by atoms with van der Waals surface area (Å²) in [4.78, 5) is 37.0. The molecule has 1 heterocycles. The fraction of sp³-hybridized carbons (Fsp3) is 0.353. The predicted molar refractivity (Wildman–Crippen MR) is 93.5 cm³/mol. The van der Waals surface area contributed by atoms with Crippen LogP contribution in [0.1, 0.15) is 19.4 Å². The average molecular weight is 365 g/mol. The summed E-state index contributed by atoms with van der Waals surface area (Å²) in [6.45, 7) is 3.34. The molecule has 0 bridgehead atoms. The van der Waals surface area contributed by atoms with Gasteiger partial charge in [-0.05, 0) is 49.4 Å². The van der Waals surface area contributed by atoms with Gasteiger partial charge in [0.05, 0.1) is 19.1 Å². The number of carbonyl (C=O) groups excluding carboxylic acids is 3. The molecule has 0 spiro atoms. The maximum Gasteiger partial charge on any atom is 0.343 e. The number of ether oxygens (including phenoxy) is 3. The lowest BCUT2D eigenvalue weighted by Gasteiger charge is -2.16. The van der Waals surface area contributed by atoms with Crippen LogP contribution in [0.5, 0.6) is 11.5 Å². The maximum atomic E-state index is 12.3. The van der Waals surface area contributed by atoms with Gasteiger partial charge in [0, 0.05) is 6.04 Å². The highest BCUT2D eigenvalue weighted by Crippen LogP contribution is 2.35. The zero-order chi connectivity index (χ0) is 18.6. The van der Waals surface area contributed by atoms with Crippen LogP contribution in [-0.2, 0) is 14.3 Å². The van der Waals surface area contributed by atoms with Gasteiger partial charge in [0.25, 0.3) is 11.1 Å². The van der Waals surface area contributed by atoms with E-state index < -0.39 is 5.97 Å². The highest BCUT2D eigenvalue weighted by molar-refractivity contribution is 8.18. The number of hydrogen-bond donors (Lipinski definition) is 0. The first-order chi connectivity index (χ1) is 11.9. The molecule has 2 amide bonds. The number of rotatable bonds is 6.